The lowest BCUT2D eigenvalue weighted by Crippen LogP contribution is -2.44. The van der Waals surface area contributed by atoms with E-state index in [4.69, 9.17) is 9.47 Å². The van der Waals surface area contributed by atoms with E-state index in [0.29, 0.717) is 18.9 Å². The number of esters is 2. The summed E-state index contributed by atoms with van der Waals surface area (Å²) in [6, 6.07) is 0. The van der Waals surface area contributed by atoms with E-state index < -0.39 is 5.60 Å². The molecule has 0 N–H and O–H groups in total. The van der Waals surface area contributed by atoms with Gasteiger partial charge in [0.2, 0.25) is 5.60 Å². The summed E-state index contributed by atoms with van der Waals surface area (Å²) in [6.45, 7) is 6.42. The third-order valence-electron chi connectivity index (χ3n) is 4.42. The highest BCUT2D eigenvalue weighted by molar-refractivity contribution is 5.90. The first-order chi connectivity index (χ1) is 8.32. The van der Waals surface area contributed by atoms with Crippen molar-refractivity contribution < 1.29 is 19.1 Å². The van der Waals surface area contributed by atoms with Crippen molar-refractivity contribution in [3.05, 3.63) is 0 Å². The van der Waals surface area contributed by atoms with Crippen LogP contribution in [0.3, 0.4) is 0 Å². The van der Waals surface area contributed by atoms with Gasteiger partial charge in [0.15, 0.2) is 0 Å². The van der Waals surface area contributed by atoms with Gasteiger partial charge in [0.1, 0.15) is 0 Å². The van der Waals surface area contributed by atoms with E-state index in [-0.39, 0.29) is 29.2 Å². The topological polar surface area (TPSA) is 52.6 Å². The number of carbonyl (C=O) groups excluding carboxylic acids is 2. The normalized spacial score (nSPS) is 41.1. The Hall–Kier alpha value is -1.06. The van der Waals surface area contributed by atoms with Crippen LogP contribution in [0.4, 0.5) is 0 Å². The zero-order chi connectivity index (χ0) is 13.1. The summed E-state index contributed by atoms with van der Waals surface area (Å²) in [4.78, 5) is 24.1. The van der Waals surface area contributed by atoms with Gasteiger partial charge in [0.25, 0.3) is 0 Å². The fraction of sp³-hybridized carbons (Fsp3) is 0.857. The molecule has 1 aliphatic heterocycles. The maximum absolute atomic E-state index is 12.3. The standard InChI is InChI=1S/C14H20O4/c1-13(2,3)7-17-12(16)14-6-8-4-9(10(14)5-8)11(15)18-14/h8-10H,4-7H2,1-3H3. The van der Waals surface area contributed by atoms with Crippen molar-refractivity contribution in [1.29, 1.82) is 0 Å². The van der Waals surface area contributed by atoms with E-state index in [1.165, 1.54) is 0 Å². The lowest BCUT2D eigenvalue weighted by atomic mass is 9.80. The second kappa shape index (κ2) is 3.49. The van der Waals surface area contributed by atoms with Crippen LogP contribution in [0.15, 0.2) is 0 Å². The largest absolute Gasteiger partial charge is 0.462 e. The van der Waals surface area contributed by atoms with Gasteiger partial charge >= 0.3 is 11.9 Å². The van der Waals surface area contributed by atoms with Gasteiger partial charge in [0.05, 0.1) is 12.5 Å². The molecule has 0 amide bonds. The van der Waals surface area contributed by atoms with Gasteiger partial charge in [-0.2, -0.15) is 0 Å². The van der Waals surface area contributed by atoms with Crippen molar-refractivity contribution in [3.63, 3.8) is 0 Å². The molecule has 0 aromatic rings. The van der Waals surface area contributed by atoms with E-state index in [2.05, 4.69) is 0 Å². The molecule has 2 saturated carbocycles. The molecule has 18 heavy (non-hydrogen) atoms. The minimum absolute atomic E-state index is 0.0501. The highest BCUT2D eigenvalue weighted by atomic mass is 16.6. The molecule has 0 aromatic carbocycles. The predicted molar refractivity (Wildman–Crippen MR) is 63.6 cm³/mol. The molecule has 0 radical (unpaired) electrons. The zero-order valence-corrected chi connectivity index (χ0v) is 11.2. The Labute approximate surface area is 107 Å². The second-order valence-corrected chi connectivity index (χ2v) is 7.20. The molecule has 0 aromatic heterocycles. The number of hydrogen-bond acceptors (Lipinski definition) is 4. The molecule has 100 valence electrons. The van der Waals surface area contributed by atoms with Gasteiger partial charge in [-0.15, -0.1) is 0 Å². The molecule has 1 heterocycles. The lowest BCUT2D eigenvalue weighted by molar-refractivity contribution is -0.178. The Balaban J connectivity index is 1.76. The van der Waals surface area contributed by atoms with Crippen LogP contribution in [0, 0.1) is 23.2 Å². The van der Waals surface area contributed by atoms with E-state index in [1.54, 1.807) is 0 Å². The third kappa shape index (κ3) is 1.57. The van der Waals surface area contributed by atoms with E-state index in [1.807, 2.05) is 20.8 Å². The van der Waals surface area contributed by atoms with Gasteiger partial charge in [-0.05, 0) is 24.2 Å². The molecule has 4 nitrogen and oxygen atoms in total. The van der Waals surface area contributed by atoms with Crippen molar-refractivity contribution in [2.45, 2.75) is 45.6 Å². The zero-order valence-electron chi connectivity index (χ0n) is 11.2. The molecule has 0 spiro atoms. The average molecular weight is 252 g/mol. The summed E-state index contributed by atoms with van der Waals surface area (Å²) in [6.07, 6.45) is 2.52. The molecule has 3 fully saturated rings. The molecule has 4 heteroatoms. The number of carbonyl (C=O) groups is 2. The summed E-state index contributed by atoms with van der Waals surface area (Å²) < 4.78 is 10.8. The SMILES string of the molecule is CC(C)(C)COC(=O)C12CC3CC(C(=O)O1)C2C3. The van der Waals surface area contributed by atoms with Gasteiger partial charge in [-0.3, -0.25) is 4.79 Å². The molecule has 1 saturated heterocycles. The Morgan fingerprint density at radius 2 is 2.17 bits per heavy atom. The first kappa shape index (κ1) is 12.0. The number of hydrogen-bond donors (Lipinski definition) is 0. The summed E-state index contributed by atoms with van der Waals surface area (Å²) in [5.41, 5.74) is -0.998. The fourth-order valence-corrected chi connectivity index (χ4v) is 3.72. The van der Waals surface area contributed by atoms with Gasteiger partial charge in [-0.25, -0.2) is 4.79 Å². The monoisotopic (exact) mass is 252 g/mol. The van der Waals surface area contributed by atoms with Gasteiger partial charge < -0.3 is 9.47 Å². The number of fused-ring (bicyclic) bond motifs is 1. The van der Waals surface area contributed by atoms with Gasteiger partial charge in [0, 0.05) is 12.3 Å². The van der Waals surface area contributed by atoms with Crippen molar-refractivity contribution in [2.24, 2.45) is 23.2 Å². The molecule has 3 aliphatic rings. The Kier molecular flexibility index (Phi) is 2.32. The van der Waals surface area contributed by atoms with Crippen molar-refractivity contribution >= 4 is 11.9 Å². The highest BCUT2D eigenvalue weighted by Crippen LogP contribution is 2.60. The summed E-state index contributed by atoms with van der Waals surface area (Å²) in [7, 11) is 0. The molecule has 2 bridgehead atoms. The first-order valence-electron chi connectivity index (χ1n) is 6.72. The average Bonchev–Trinajstić information content (AvgIpc) is 2.84. The molecular weight excluding hydrogens is 232 g/mol. The summed E-state index contributed by atoms with van der Waals surface area (Å²) in [5, 5.41) is 0. The van der Waals surface area contributed by atoms with Gasteiger partial charge in [-0.1, -0.05) is 20.8 Å². The van der Waals surface area contributed by atoms with Crippen LogP contribution in [0.2, 0.25) is 0 Å². The molecule has 4 atom stereocenters. The quantitative estimate of drug-likeness (QED) is 0.704. The minimum atomic E-state index is -0.935. The lowest BCUT2D eigenvalue weighted by Gasteiger charge is -2.29. The fourth-order valence-electron chi connectivity index (χ4n) is 3.72. The predicted octanol–water partition coefficient (Wildman–Crippen LogP) is 1.92. The second-order valence-electron chi connectivity index (χ2n) is 7.20. The minimum Gasteiger partial charge on any atom is -0.462 e. The number of rotatable bonds is 2. The summed E-state index contributed by atoms with van der Waals surface area (Å²) >= 11 is 0. The van der Waals surface area contributed by atoms with Crippen molar-refractivity contribution in [1.82, 2.24) is 0 Å². The Morgan fingerprint density at radius 1 is 1.44 bits per heavy atom. The molecule has 4 unspecified atom stereocenters. The molecule has 3 rings (SSSR count). The van der Waals surface area contributed by atoms with Crippen LogP contribution < -0.4 is 0 Å². The van der Waals surface area contributed by atoms with Crippen LogP contribution in [-0.4, -0.2) is 24.1 Å². The smallest absolute Gasteiger partial charge is 0.350 e. The van der Waals surface area contributed by atoms with E-state index >= 15 is 0 Å². The maximum Gasteiger partial charge on any atom is 0.350 e. The van der Waals surface area contributed by atoms with E-state index in [0.717, 1.165) is 12.8 Å². The Bertz CT molecular complexity index is 409. The maximum atomic E-state index is 12.3. The van der Waals surface area contributed by atoms with Crippen LogP contribution in [0.25, 0.3) is 0 Å². The first-order valence-corrected chi connectivity index (χ1v) is 6.72. The molecule has 2 aliphatic carbocycles. The number of ether oxygens (including phenoxy) is 2. The summed E-state index contributed by atoms with van der Waals surface area (Å²) in [5.74, 6) is -0.0183. The third-order valence-corrected chi connectivity index (χ3v) is 4.42. The van der Waals surface area contributed by atoms with E-state index in [9.17, 15) is 9.59 Å². The van der Waals surface area contributed by atoms with Crippen LogP contribution in [0.5, 0.6) is 0 Å². The highest BCUT2D eigenvalue weighted by Gasteiger charge is 2.69. The van der Waals surface area contributed by atoms with Crippen molar-refractivity contribution in [3.8, 4) is 0 Å². The van der Waals surface area contributed by atoms with Crippen LogP contribution in [-0.2, 0) is 19.1 Å². The van der Waals surface area contributed by atoms with Crippen LogP contribution in [0.1, 0.15) is 40.0 Å². The Morgan fingerprint density at radius 3 is 2.78 bits per heavy atom. The van der Waals surface area contributed by atoms with Crippen molar-refractivity contribution in [2.75, 3.05) is 6.61 Å². The molecular formula is C14H20O4. The van der Waals surface area contributed by atoms with Crippen LogP contribution >= 0.6 is 0 Å².